The molecule has 104 valence electrons. The topological polar surface area (TPSA) is 124 Å². The minimum Gasteiger partial charge on any atom is -0.392 e. The number of benzene rings is 1. The Morgan fingerprint density at radius 3 is 2.75 bits per heavy atom. The first-order valence-electron chi connectivity index (χ1n) is 5.24. The van der Waals surface area contributed by atoms with Gasteiger partial charge in [-0.15, -0.1) is 10.2 Å². The van der Waals surface area contributed by atoms with Gasteiger partial charge in [0.25, 0.3) is 11.6 Å². The maximum absolute atomic E-state index is 13.7. The van der Waals surface area contributed by atoms with Crippen molar-refractivity contribution in [3.05, 3.63) is 38.6 Å². The summed E-state index contributed by atoms with van der Waals surface area (Å²) in [6, 6.07) is 1.71. The maximum atomic E-state index is 13.7. The number of nitrogen functional groups attached to an aromatic ring is 1. The molecule has 1 aromatic heterocycles. The monoisotopic (exact) mass is 297 g/mol. The third-order valence-electron chi connectivity index (χ3n) is 2.34. The summed E-state index contributed by atoms with van der Waals surface area (Å²) in [5.41, 5.74) is 3.81. The third kappa shape index (κ3) is 2.54. The van der Waals surface area contributed by atoms with Gasteiger partial charge < -0.3 is 5.73 Å². The van der Waals surface area contributed by atoms with Crippen LogP contribution in [0.1, 0.15) is 15.4 Å². The average Bonchev–Trinajstić information content (AvgIpc) is 2.74. The van der Waals surface area contributed by atoms with E-state index in [-0.39, 0.29) is 5.13 Å². The summed E-state index contributed by atoms with van der Waals surface area (Å²) in [5.74, 6) is -1.87. The van der Waals surface area contributed by atoms with E-state index in [1.54, 1.807) is 6.92 Å². The summed E-state index contributed by atoms with van der Waals surface area (Å²) in [6.45, 7) is 1.68. The van der Waals surface area contributed by atoms with Gasteiger partial charge in [0.15, 0.2) is 0 Å². The van der Waals surface area contributed by atoms with Crippen molar-refractivity contribution in [3.63, 3.8) is 0 Å². The van der Waals surface area contributed by atoms with Gasteiger partial charge >= 0.3 is 0 Å². The molecule has 3 N–H and O–H groups in total. The highest BCUT2D eigenvalue weighted by atomic mass is 32.1. The molecule has 1 amide bonds. The van der Waals surface area contributed by atoms with E-state index in [9.17, 15) is 19.3 Å². The second kappa shape index (κ2) is 5.17. The molecule has 1 heterocycles. The molecule has 0 spiro atoms. The first-order chi connectivity index (χ1) is 9.40. The molecular formula is C10H8FN5O3S. The van der Waals surface area contributed by atoms with Crippen LogP contribution in [0.15, 0.2) is 12.1 Å². The Balaban J connectivity index is 2.38. The summed E-state index contributed by atoms with van der Waals surface area (Å²) in [4.78, 5) is 21.9. The molecule has 0 atom stereocenters. The molecule has 0 bridgehead atoms. The predicted molar refractivity (Wildman–Crippen MR) is 70.1 cm³/mol. The fourth-order valence-electron chi connectivity index (χ4n) is 1.48. The van der Waals surface area contributed by atoms with E-state index in [0.29, 0.717) is 5.01 Å². The third-order valence-corrected chi connectivity index (χ3v) is 3.10. The van der Waals surface area contributed by atoms with E-state index >= 15 is 0 Å². The molecule has 10 heteroatoms. The number of nitro benzene ring substituents is 1. The van der Waals surface area contributed by atoms with Crippen molar-refractivity contribution < 1.29 is 14.1 Å². The standard InChI is InChI=1S/C10H8FN5O3S/c1-4-14-15-10(20-4)13-9(17)7-5(11)2-3-6(8(7)12)16(18)19/h2-3H,12H2,1H3,(H,13,15,17). The van der Waals surface area contributed by atoms with Gasteiger partial charge in [-0.3, -0.25) is 20.2 Å². The van der Waals surface area contributed by atoms with Gasteiger partial charge in [0.1, 0.15) is 22.1 Å². The molecule has 0 fully saturated rings. The van der Waals surface area contributed by atoms with E-state index in [2.05, 4.69) is 15.5 Å². The quantitative estimate of drug-likeness (QED) is 0.505. The molecule has 8 nitrogen and oxygen atoms in total. The Labute approximate surface area is 115 Å². The van der Waals surface area contributed by atoms with Crippen LogP contribution in [0.2, 0.25) is 0 Å². The number of nitrogens with two attached hydrogens (primary N) is 1. The molecule has 0 aliphatic carbocycles. The van der Waals surface area contributed by atoms with Crippen LogP contribution in [0.3, 0.4) is 0 Å². The van der Waals surface area contributed by atoms with Crippen molar-refractivity contribution >= 4 is 33.8 Å². The molecule has 0 saturated heterocycles. The van der Waals surface area contributed by atoms with E-state index in [0.717, 1.165) is 23.5 Å². The smallest absolute Gasteiger partial charge is 0.293 e. The lowest BCUT2D eigenvalue weighted by Gasteiger charge is -2.06. The van der Waals surface area contributed by atoms with Crippen LogP contribution < -0.4 is 11.1 Å². The lowest BCUT2D eigenvalue weighted by molar-refractivity contribution is -0.384. The lowest BCUT2D eigenvalue weighted by atomic mass is 10.1. The lowest BCUT2D eigenvalue weighted by Crippen LogP contribution is -2.17. The number of nitrogens with one attached hydrogen (secondary N) is 1. The van der Waals surface area contributed by atoms with Crippen molar-refractivity contribution in [1.29, 1.82) is 0 Å². The largest absolute Gasteiger partial charge is 0.392 e. The number of amides is 1. The number of carbonyl (C=O) groups is 1. The Kier molecular flexibility index (Phi) is 3.57. The Morgan fingerprint density at radius 2 is 2.20 bits per heavy atom. The van der Waals surface area contributed by atoms with E-state index in [4.69, 9.17) is 5.73 Å². The minimum atomic E-state index is -0.952. The van der Waals surface area contributed by atoms with Gasteiger partial charge in [-0.1, -0.05) is 11.3 Å². The zero-order chi connectivity index (χ0) is 14.9. The van der Waals surface area contributed by atoms with Crippen LogP contribution in [-0.2, 0) is 0 Å². The highest BCUT2D eigenvalue weighted by Gasteiger charge is 2.24. The second-order valence-electron chi connectivity index (χ2n) is 3.69. The molecule has 0 aliphatic rings. The minimum absolute atomic E-state index is 0.151. The molecule has 0 aliphatic heterocycles. The number of carbonyl (C=O) groups excluding carboxylic acids is 1. The van der Waals surface area contributed by atoms with Crippen molar-refractivity contribution in [2.24, 2.45) is 0 Å². The van der Waals surface area contributed by atoms with Crippen molar-refractivity contribution in [2.75, 3.05) is 11.1 Å². The molecule has 0 saturated carbocycles. The molecule has 0 unspecified atom stereocenters. The summed E-state index contributed by atoms with van der Waals surface area (Å²) >= 11 is 1.08. The van der Waals surface area contributed by atoms with Crippen LogP contribution in [-0.4, -0.2) is 21.0 Å². The Hall–Kier alpha value is -2.62. The number of aryl methyl sites for hydroxylation is 1. The first kappa shape index (κ1) is 13.8. The van der Waals surface area contributed by atoms with E-state index in [1.165, 1.54) is 0 Å². The zero-order valence-electron chi connectivity index (χ0n) is 10.1. The van der Waals surface area contributed by atoms with E-state index in [1.807, 2.05) is 0 Å². The average molecular weight is 297 g/mol. The van der Waals surface area contributed by atoms with Gasteiger partial charge in [-0.25, -0.2) is 4.39 Å². The number of anilines is 2. The van der Waals surface area contributed by atoms with Gasteiger partial charge in [-0.2, -0.15) is 0 Å². The van der Waals surface area contributed by atoms with Crippen LogP contribution in [0.25, 0.3) is 0 Å². The molecular weight excluding hydrogens is 289 g/mol. The SMILES string of the molecule is Cc1nnc(NC(=O)c2c(F)ccc([N+](=O)[O-])c2N)s1. The van der Waals surface area contributed by atoms with Crippen molar-refractivity contribution in [1.82, 2.24) is 10.2 Å². The molecule has 2 rings (SSSR count). The highest BCUT2D eigenvalue weighted by Crippen LogP contribution is 2.28. The molecule has 2 aromatic rings. The van der Waals surface area contributed by atoms with Gasteiger partial charge in [0.05, 0.1) is 4.92 Å². The van der Waals surface area contributed by atoms with Crippen molar-refractivity contribution in [2.45, 2.75) is 6.92 Å². The number of nitrogens with zero attached hydrogens (tertiary/aromatic N) is 3. The first-order valence-corrected chi connectivity index (χ1v) is 6.05. The van der Waals surface area contributed by atoms with Crippen LogP contribution >= 0.6 is 11.3 Å². The zero-order valence-corrected chi connectivity index (χ0v) is 10.9. The predicted octanol–water partition coefficient (Wildman–Crippen LogP) is 1.73. The van der Waals surface area contributed by atoms with Crippen LogP contribution in [0, 0.1) is 22.9 Å². The number of rotatable bonds is 3. The molecule has 20 heavy (non-hydrogen) atoms. The summed E-state index contributed by atoms with van der Waals surface area (Å²) in [6.07, 6.45) is 0. The summed E-state index contributed by atoms with van der Waals surface area (Å²) < 4.78 is 13.7. The number of aromatic nitrogens is 2. The number of hydrogen-bond acceptors (Lipinski definition) is 7. The number of hydrogen-bond donors (Lipinski definition) is 2. The second-order valence-corrected chi connectivity index (χ2v) is 4.87. The highest BCUT2D eigenvalue weighted by molar-refractivity contribution is 7.15. The van der Waals surface area contributed by atoms with Gasteiger partial charge in [-0.05, 0) is 13.0 Å². The number of halogens is 1. The molecule has 0 radical (unpaired) electrons. The summed E-state index contributed by atoms with van der Waals surface area (Å²) in [7, 11) is 0. The Bertz CT molecular complexity index is 702. The van der Waals surface area contributed by atoms with Crippen LogP contribution in [0.5, 0.6) is 0 Å². The maximum Gasteiger partial charge on any atom is 0.293 e. The van der Waals surface area contributed by atoms with Crippen LogP contribution in [0.4, 0.5) is 20.9 Å². The fourth-order valence-corrected chi connectivity index (χ4v) is 2.07. The van der Waals surface area contributed by atoms with Crippen molar-refractivity contribution in [3.8, 4) is 0 Å². The normalized spacial score (nSPS) is 10.3. The fraction of sp³-hybridized carbons (Fsp3) is 0.100. The Morgan fingerprint density at radius 1 is 1.50 bits per heavy atom. The van der Waals surface area contributed by atoms with Gasteiger partial charge in [0, 0.05) is 6.07 Å². The van der Waals surface area contributed by atoms with Gasteiger partial charge in [0.2, 0.25) is 5.13 Å². The van der Waals surface area contributed by atoms with E-state index < -0.39 is 33.6 Å². The summed E-state index contributed by atoms with van der Waals surface area (Å²) in [5, 5.41) is 21.1. The molecule has 1 aromatic carbocycles. The number of nitro groups is 1.